The summed E-state index contributed by atoms with van der Waals surface area (Å²) >= 11 is 0. The van der Waals surface area contributed by atoms with Gasteiger partial charge in [0, 0.05) is 24.8 Å². The number of halogens is 2. The smallest absolute Gasteiger partial charge is 0.263 e. The third kappa shape index (κ3) is 1.59. The van der Waals surface area contributed by atoms with Crippen LogP contribution in [0.3, 0.4) is 0 Å². The van der Waals surface area contributed by atoms with Gasteiger partial charge in [0.25, 0.3) is 6.43 Å². The van der Waals surface area contributed by atoms with Crippen molar-refractivity contribution in [1.29, 1.82) is 0 Å². The fourth-order valence-corrected chi connectivity index (χ4v) is 1.91. The van der Waals surface area contributed by atoms with Crippen LogP contribution in [0.4, 0.5) is 14.5 Å². The van der Waals surface area contributed by atoms with Gasteiger partial charge in [-0.2, -0.15) is 0 Å². The Morgan fingerprint density at radius 2 is 2.14 bits per heavy atom. The number of nitrogens with zero attached hydrogens (tertiary/aromatic N) is 1. The van der Waals surface area contributed by atoms with Gasteiger partial charge < -0.3 is 4.90 Å². The van der Waals surface area contributed by atoms with Crippen LogP contribution in [0, 0.1) is 0 Å². The molecule has 0 saturated heterocycles. The van der Waals surface area contributed by atoms with Crippen LogP contribution in [-0.4, -0.2) is 13.6 Å². The molecule has 1 aromatic carbocycles. The molecule has 0 bridgehead atoms. The van der Waals surface area contributed by atoms with Crippen LogP contribution in [-0.2, 0) is 6.42 Å². The number of anilines is 1. The summed E-state index contributed by atoms with van der Waals surface area (Å²) in [6, 6.07) is 4.97. The highest BCUT2D eigenvalue weighted by Gasteiger charge is 2.16. The molecule has 1 nitrogen and oxygen atoms in total. The van der Waals surface area contributed by atoms with E-state index < -0.39 is 6.43 Å². The van der Waals surface area contributed by atoms with E-state index in [1.807, 2.05) is 18.0 Å². The lowest BCUT2D eigenvalue weighted by Crippen LogP contribution is -2.24. The molecule has 0 saturated carbocycles. The van der Waals surface area contributed by atoms with Crippen molar-refractivity contribution in [1.82, 2.24) is 0 Å². The van der Waals surface area contributed by atoms with E-state index in [0.29, 0.717) is 0 Å². The zero-order valence-corrected chi connectivity index (χ0v) is 8.13. The largest absolute Gasteiger partial charge is 0.374 e. The molecule has 0 N–H and O–H groups in total. The fraction of sp³-hybridized carbons (Fsp3) is 0.455. The van der Waals surface area contributed by atoms with Gasteiger partial charge in [-0.1, -0.05) is 12.1 Å². The molecule has 1 aliphatic rings. The van der Waals surface area contributed by atoms with Crippen molar-refractivity contribution in [2.45, 2.75) is 19.3 Å². The molecule has 0 fully saturated rings. The highest BCUT2D eigenvalue weighted by molar-refractivity contribution is 5.56. The number of alkyl halides is 2. The number of aryl methyl sites for hydroxylation is 1. The molecule has 0 amide bonds. The van der Waals surface area contributed by atoms with Crippen molar-refractivity contribution in [3.05, 3.63) is 29.3 Å². The van der Waals surface area contributed by atoms with E-state index in [2.05, 4.69) is 0 Å². The maximum Gasteiger partial charge on any atom is 0.263 e. The first-order valence-corrected chi connectivity index (χ1v) is 4.80. The molecule has 2 rings (SSSR count). The third-order valence-electron chi connectivity index (χ3n) is 2.71. The monoisotopic (exact) mass is 197 g/mol. The standard InChI is InChI=1S/C11H13F2N/c1-14-6-2-3-8-4-5-9(11(12)13)7-10(8)14/h4-5,7,11H,2-3,6H2,1H3. The summed E-state index contributed by atoms with van der Waals surface area (Å²) < 4.78 is 24.9. The van der Waals surface area contributed by atoms with Gasteiger partial charge in [0.2, 0.25) is 0 Å². The van der Waals surface area contributed by atoms with E-state index >= 15 is 0 Å². The Morgan fingerprint density at radius 3 is 2.86 bits per heavy atom. The Hall–Kier alpha value is -1.12. The lowest BCUT2D eigenvalue weighted by molar-refractivity contribution is 0.151. The number of rotatable bonds is 1. The average molecular weight is 197 g/mol. The summed E-state index contributed by atoms with van der Waals surface area (Å²) in [5.41, 5.74) is 2.27. The normalized spacial score (nSPS) is 15.9. The first-order valence-electron chi connectivity index (χ1n) is 4.80. The molecular weight excluding hydrogens is 184 g/mol. The van der Waals surface area contributed by atoms with Crippen molar-refractivity contribution in [2.75, 3.05) is 18.5 Å². The summed E-state index contributed by atoms with van der Waals surface area (Å²) in [5, 5.41) is 0. The number of hydrogen-bond acceptors (Lipinski definition) is 1. The number of benzene rings is 1. The molecule has 0 unspecified atom stereocenters. The van der Waals surface area contributed by atoms with Gasteiger partial charge in [-0.25, -0.2) is 8.78 Å². The Kier molecular flexibility index (Phi) is 2.40. The molecule has 1 aromatic rings. The van der Waals surface area contributed by atoms with Crippen LogP contribution >= 0.6 is 0 Å². The Balaban J connectivity index is 2.41. The molecule has 0 atom stereocenters. The van der Waals surface area contributed by atoms with Gasteiger partial charge in [0.05, 0.1) is 0 Å². The number of hydrogen-bond donors (Lipinski definition) is 0. The van der Waals surface area contributed by atoms with Crippen LogP contribution in [0.5, 0.6) is 0 Å². The summed E-state index contributed by atoms with van der Waals surface area (Å²) in [7, 11) is 1.95. The van der Waals surface area contributed by atoms with Crippen molar-refractivity contribution >= 4 is 5.69 Å². The predicted octanol–water partition coefficient (Wildman–Crippen LogP) is 3.01. The zero-order valence-electron chi connectivity index (χ0n) is 8.13. The third-order valence-corrected chi connectivity index (χ3v) is 2.71. The Labute approximate surface area is 82.3 Å². The Bertz CT molecular complexity index is 336. The van der Waals surface area contributed by atoms with Crippen molar-refractivity contribution in [3.63, 3.8) is 0 Å². The first-order chi connectivity index (χ1) is 6.68. The summed E-state index contributed by atoms with van der Waals surface area (Å²) in [5.74, 6) is 0. The molecule has 3 heteroatoms. The van der Waals surface area contributed by atoms with Crippen LogP contribution in [0.2, 0.25) is 0 Å². The van der Waals surface area contributed by atoms with E-state index in [-0.39, 0.29) is 5.56 Å². The SMILES string of the molecule is CN1CCCc2ccc(C(F)F)cc21. The summed E-state index contributed by atoms with van der Waals surface area (Å²) in [6.07, 6.45) is -0.253. The van der Waals surface area contributed by atoms with E-state index in [1.165, 1.54) is 11.6 Å². The fourth-order valence-electron chi connectivity index (χ4n) is 1.91. The van der Waals surface area contributed by atoms with Gasteiger partial charge in [-0.15, -0.1) is 0 Å². The van der Waals surface area contributed by atoms with Crippen molar-refractivity contribution in [2.24, 2.45) is 0 Å². The minimum absolute atomic E-state index is 0.123. The first kappa shape index (κ1) is 9.44. The molecule has 0 aliphatic carbocycles. The molecule has 1 heterocycles. The minimum Gasteiger partial charge on any atom is -0.374 e. The van der Waals surface area contributed by atoms with Gasteiger partial charge >= 0.3 is 0 Å². The van der Waals surface area contributed by atoms with E-state index in [1.54, 1.807) is 6.07 Å². The van der Waals surface area contributed by atoms with Gasteiger partial charge in [0.1, 0.15) is 0 Å². The van der Waals surface area contributed by atoms with Crippen molar-refractivity contribution in [3.8, 4) is 0 Å². The average Bonchev–Trinajstić information content (AvgIpc) is 2.18. The lowest BCUT2D eigenvalue weighted by Gasteiger charge is -2.27. The predicted molar refractivity (Wildman–Crippen MR) is 53.0 cm³/mol. The van der Waals surface area contributed by atoms with Gasteiger partial charge in [-0.3, -0.25) is 0 Å². The van der Waals surface area contributed by atoms with Crippen LogP contribution in [0.1, 0.15) is 24.0 Å². The van der Waals surface area contributed by atoms with E-state index in [9.17, 15) is 8.78 Å². The molecule has 14 heavy (non-hydrogen) atoms. The zero-order chi connectivity index (χ0) is 10.1. The highest BCUT2D eigenvalue weighted by Crippen LogP contribution is 2.30. The van der Waals surface area contributed by atoms with E-state index in [0.717, 1.165) is 25.1 Å². The van der Waals surface area contributed by atoms with E-state index in [4.69, 9.17) is 0 Å². The second kappa shape index (κ2) is 3.56. The minimum atomic E-state index is -2.37. The highest BCUT2D eigenvalue weighted by atomic mass is 19.3. The van der Waals surface area contributed by atoms with Gasteiger partial charge in [0.15, 0.2) is 0 Å². The molecule has 0 radical (unpaired) electrons. The summed E-state index contributed by atoms with van der Waals surface area (Å²) in [6.45, 7) is 0.958. The topological polar surface area (TPSA) is 3.24 Å². The summed E-state index contributed by atoms with van der Waals surface area (Å²) in [4.78, 5) is 2.05. The maximum atomic E-state index is 12.4. The quantitative estimate of drug-likeness (QED) is 0.669. The molecule has 0 aromatic heterocycles. The van der Waals surface area contributed by atoms with Crippen LogP contribution < -0.4 is 4.90 Å². The molecule has 76 valence electrons. The van der Waals surface area contributed by atoms with Crippen LogP contribution in [0.15, 0.2) is 18.2 Å². The second-order valence-electron chi connectivity index (χ2n) is 3.71. The van der Waals surface area contributed by atoms with Crippen molar-refractivity contribution < 1.29 is 8.78 Å². The second-order valence-corrected chi connectivity index (χ2v) is 3.71. The van der Waals surface area contributed by atoms with Gasteiger partial charge in [-0.05, 0) is 24.5 Å². The maximum absolute atomic E-state index is 12.4. The molecule has 0 spiro atoms. The molecule has 1 aliphatic heterocycles. The Morgan fingerprint density at radius 1 is 1.36 bits per heavy atom. The number of fused-ring (bicyclic) bond motifs is 1. The lowest BCUT2D eigenvalue weighted by atomic mass is 10.0. The van der Waals surface area contributed by atoms with Crippen LogP contribution in [0.25, 0.3) is 0 Å². The molecular formula is C11H13F2N.